The number of rotatable bonds is 4. The van der Waals surface area contributed by atoms with Gasteiger partial charge in [-0.3, -0.25) is 14.9 Å². The van der Waals surface area contributed by atoms with E-state index in [9.17, 15) is 14.4 Å². The van der Waals surface area contributed by atoms with Gasteiger partial charge in [0.1, 0.15) is 0 Å². The van der Waals surface area contributed by atoms with Crippen LogP contribution in [0.5, 0.6) is 0 Å². The lowest BCUT2D eigenvalue weighted by molar-refractivity contribution is -0.153. The summed E-state index contributed by atoms with van der Waals surface area (Å²) in [5.41, 5.74) is 3.07. The Bertz CT molecular complexity index is 692. The molecule has 6 heteroatoms. The minimum absolute atomic E-state index is 0.110. The number of carbonyl (C=O) groups excluding carboxylic acids is 3. The molecule has 1 aliphatic carbocycles. The van der Waals surface area contributed by atoms with E-state index in [4.69, 9.17) is 4.74 Å². The lowest BCUT2D eigenvalue weighted by Gasteiger charge is -2.21. The Morgan fingerprint density at radius 2 is 1.77 bits per heavy atom. The summed E-state index contributed by atoms with van der Waals surface area (Å²) in [6, 6.07) is 5.45. The van der Waals surface area contributed by atoms with Crippen LogP contribution in [0, 0.1) is 0 Å². The maximum absolute atomic E-state index is 12.1. The molecule has 0 radical (unpaired) electrons. The summed E-state index contributed by atoms with van der Waals surface area (Å²) < 4.78 is 5.16. The number of amides is 3. The molecule has 142 valence electrons. The van der Waals surface area contributed by atoms with Gasteiger partial charge in [0.25, 0.3) is 5.91 Å². The Labute approximate surface area is 154 Å². The van der Waals surface area contributed by atoms with Crippen LogP contribution in [0.1, 0.15) is 57.2 Å². The number of imide groups is 1. The zero-order valence-corrected chi connectivity index (χ0v) is 16.0. The van der Waals surface area contributed by atoms with Gasteiger partial charge in [0.2, 0.25) is 0 Å². The fourth-order valence-corrected chi connectivity index (χ4v) is 2.94. The van der Waals surface area contributed by atoms with Crippen LogP contribution in [0.2, 0.25) is 0 Å². The van der Waals surface area contributed by atoms with Crippen LogP contribution in [-0.4, -0.2) is 29.6 Å². The van der Waals surface area contributed by atoms with Gasteiger partial charge in [-0.15, -0.1) is 0 Å². The van der Waals surface area contributed by atoms with Gasteiger partial charge in [-0.05, 0) is 70.1 Å². The number of urea groups is 1. The molecule has 2 rings (SSSR count). The Morgan fingerprint density at radius 1 is 1.12 bits per heavy atom. The molecule has 1 aliphatic rings. The standard InChI is InChI=1S/C20H28N2O4/c1-13(18(24)21-19(25)22-20(2,3)4)26-17(23)12-14-9-10-15-7-5-6-8-16(15)11-14/h9-11,13H,5-8,12H2,1-4H3,(H2,21,22,24,25)/t13-/m0/s1. The number of carbonyl (C=O) groups is 3. The lowest BCUT2D eigenvalue weighted by atomic mass is 9.90. The number of hydrogen-bond donors (Lipinski definition) is 2. The van der Waals surface area contributed by atoms with Crippen molar-refractivity contribution < 1.29 is 19.1 Å². The zero-order valence-electron chi connectivity index (χ0n) is 16.0. The van der Waals surface area contributed by atoms with Crippen molar-refractivity contribution in [3.8, 4) is 0 Å². The maximum Gasteiger partial charge on any atom is 0.321 e. The van der Waals surface area contributed by atoms with Crippen molar-refractivity contribution >= 4 is 17.9 Å². The lowest BCUT2D eigenvalue weighted by Crippen LogP contribution is -2.50. The SMILES string of the molecule is C[C@H](OC(=O)Cc1ccc2c(c1)CCCC2)C(=O)NC(=O)NC(C)(C)C. The van der Waals surface area contributed by atoms with Crippen molar-refractivity contribution in [1.82, 2.24) is 10.6 Å². The van der Waals surface area contributed by atoms with Crippen LogP contribution in [0.4, 0.5) is 4.79 Å². The van der Waals surface area contributed by atoms with E-state index < -0.39 is 29.6 Å². The van der Waals surface area contributed by atoms with E-state index in [0.29, 0.717) is 0 Å². The van der Waals surface area contributed by atoms with Crippen LogP contribution in [0.3, 0.4) is 0 Å². The van der Waals surface area contributed by atoms with Gasteiger partial charge in [0.05, 0.1) is 6.42 Å². The topological polar surface area (TPSA) is 84.5 Å². The number of nitrogens with one attached hydrogen (secondary N) is 2. The summed E-state index contributed by atoms with van der Waals surface area (Å²) in [5, 5.41) is 4.80. The first kappa shape index (κ1) is 19.9. The zero-order chi connectivity index (χ0) is 19.3. The highest BCUT2D eigenvalue weighted by atomic mass is 16.5. The van der Waals surface area contributed by atoms with Crippen molar-refractivity contribution in [3.05, 3.63) is 34.9 Å². The Hall–Kier alpha value is -2.37. The number of ether oxygens (including phenoxy) is 1. The molecule has 0 unspecified atom stereocenters. The average Bonchev–Trinajstić information content (AvgIpc) is 2.52. The van der Waals surface area contributed by atoms with Crippen LogP contribution >= 0.6 is 0 Å². The molecule has 0 saturated heterocycles. The van der Waals surface area contributed by atoms with Crippen LogP contribution in [0.15, 0.2) is 18.2 Å². The number of hydrogen-bond acceptors (Lipinski definition) is 4. The van der Waals surface area contributed by atoms with E-state index in [2.05, 4.69) is 22.8 Å². The third-order valence-electron chi connectivity index (χ3n) is 4.16. The first-order chi connectivity index (χ1) is 12.1. The predicted molar refractivity (Wildman–Crippen MR) is 98.8 cm³/mol. The molecule has 2 N–H and O–H groups in total. The molecule has 0 bridgehead atoms. The van der Waals surface area contributed by atoms with E-state index in [1.165, 1.54) is 30.9 Å². The molecule has 6 nitrogen and oxygen atoms in total. The molecule has 1 atom stereocenters. The minimum atomic E-state index is -1.04. The molecule has 3 amide bonds. The number of aryl methyl sites for hydroxylation is 2. The third kappa shape index (κ3) is 6.17. The summed E-state index contributed by atoms with van der Waals surface area (Å²) >= 11 is 0. The molecule has 0 fully saturated rings. The molecule has 1 aromatic rings. The second kappa shape index (κ2) is 8.34. The molecular formula is C20H28N2O4. The summed E-state index contributed by atoms with van der Waals surface area (Å²) in [6.45, 7) is 6.86. The van der Waals surface area contributed by atoms with Crippen molar-refractivity contribution in [2.24, 2.45) is 0 Å². The van der Waals surface area contributed by atoms with E-state index in [-0.39, 0.29) is 6.42 Å². The van der Waals surface area contributed by atoms with E-state index in [1.54, 1.807) is 20.8 Å². The number of esters is 1. The molecule has 0 saturated carbocycles. The highest BCUT2D eigenvalue weighted by molar-refractivity contribution is 5.97. The van der Waals surface area contributed by atoms with E-state index in [1.807, 2.05) is 6.07 Å². The Kier molecular flexibility index (Phi) is 6.40. The van der Waals surface area contributed by atoms with Crippen molar-refractivity contribution in [1.29, 1.82) is 0 Å². The summed E-state index contributed by atoms with van der Waals surface area (Å²) in [7, 11) is 0. The third-order valence-corrected chi connectivity index (χ3v) is 4.16. The number of benzene rings is 1. The molecular weight excluding hydrogens is 332 g/mol. The van der Waals surface area contributed by atoms with Crippen LogP contribution in [0.25, 0.3) is 0 Å². The van der Waals surface area contributed by atoms with Gasteiger partial charge in [-0.1, -0.05) is 18.2 Å². The Balaban J connectivity index is 1.85. The summed E-state index contributed by atoms with van der Waals surface area (Å²) in [5.74, 6) is -1.13. The van der Waals surface area contributed by atoms with Gasteiger partial charge in [-0.2, -0.15) is 0 Å². The smallest absolute Gasteiger partial charge is 0.321 e. The van der Waals surface area contributed by atoms with E-state index >= 15 is 0 Å². The highest BCUT2D eigenvalue weighted by Crippen LogP contribution is 2.22. The highest BCUT2D eigenvalue weighted by Gasteiger charge is 2.22. The van der Waals surface area contributed by atoms with Gasteiger partial charge in [0, 0.05) is 5.54 Å². The van der Waals surface area contributed by atoms with Crippen LogP contribution in [-0.2, 0) is 33.6 Å². The Morgan fingerprint density at radius 3 is 2.42 bits per heavy atom. The van der Waals surface area contributed by atoms with Crippen LogP contribution < -0.4 is 10.6 Å². The molecule has 1 aromatic carbocycles. The predicted octanol–water partition coefficient (Wildman–Crippen LogP) is 2.66. The molecule has 0 aromatic heterocycles. The average molecular weight is 360 g/mol. The fraction of sp³-hybridized carbons (Fsp3) is 0.550. The van der Waals surface area contributed by atoms with E-state index in [0.717, 1.165) is 18.4 Å². The second-order valence-electron chi connectivity index (χ2n) is 7.81. The largest absolute Gasteiger partial charge is 0.452 e. The van der Waals surface area contributed by atoms with Gasteiger partial charge < -0.3 is 10.1 Å². The van der Waals surface area contributed by atoms with Crippen molar-refractivity contribution in [3.63, 3.8) is 0 Å². The quantitative estimate of drug-likeness (QED) is 0.809. The first-order valence-electron chi connectivity index (χ1n) is 9.07. The van der Waals surface area contributed by atoms with Crippen molar-refractivity contribution in [2.45, 2.75) is 71.4 Å². The molecule has 26 heavy (non-hydrogen) atoms. The van der Waals surface area contributed by atoms with Gasteiger partial charge in [0.15, 0.2) is 6.10 Å². The van der Waals surface area contributed by atoms with Crippen molar-refractivity contribution in [2.75, 3.05) is 0 Å². The molecule has 0 spiro atoms. The molecule has 0 heterocycles. The minimum Gasteiger partial charge on any atom is -0.452 e. The first-order valence-corrected chi connectivity index (χ1v) is 9.07. The fourth-order valence-electron chi connectivity index (χ4n) is 2.94. The van der Waals surface area contributed by atoms with Gasteiger partial charge in [-0.25, -0.2) is 4.79 Å². The summed E-state index contributed by atoms with van der Waals surface area (Å²) in [4.78, 5) is 35.8. The monoisotopic (exact) mass is 360 g/mol. The normalized spacial score (nSPS) is 14.8. The second-order valence-corrected chi connectivity index (χ2v) is 7.81. The molecule has 0 aliphatic heterocycles. The van der Waals surface area contributed by atoms with Gasteiger partial charge >= 0.3 is 12.0 Å². The number of fused-ring (bicyclic) bond motifs is 1. The summed E-state index contributed by atoms with van der Waals surface area (Å²) in [6.07, 6.45) is 3.59. The maximum atomic E-state index is 12.1.